The zero-order valence-electron chi connectivity index (χ0n) is 14.3. The van der Waals surface area contributed by atoms with Crippen LogP contribution < -0.4 is 10.1 Å². The molecule has 0 bridgehead atoms. The molecule has 2 amide bonds. The van der Waals surface area contributed by atoms with Crippen molar-refractivity contribution >= 4 is 11.8 Å². The number of rotatable bonds is 6. The lowest BCUT2D eigenvalue weighted by Gasteiger charge is -2.32. The van der Waals surface area contributed by atoms with Crippen molar-refractivity contribution in [3.63, 3.8) is 0 Å². The van der Waals surface area contributed by atoms with Gasteiger partial charge >= 0.3 is 0 Å². The molecule has 2 fully saturated rings. The number of nitrogens with zero attached hydrogens (tertiary/aromatic N) is 1. The van der Waals surface area contributed by atoms with E-state index in [4.69, 9.17) is 4.74 Å². The molecular weight excluding hydrogens is 304 g/mol. The summed E-state index contributed by atoms with van der Waals surface area (Å²) in [7, 11) is 0. The van der Waals surface area contributed by atoms with Crippen LogP contribution in [0.3, 0.4) is 0 Å². The fourth-order valence-electron chi connectivity index (χ4n) is 3.06. The fraction of sp³-hybridized carbons (Fsp3) is 0.579. The Hall–Kier alpha value is -2.04. The topological polar surface area (TPSA) is 58.6 Å². The second kappa shape index (κ2) is 7.69. The molecule has 1 aromatic carbocycles. The minimum Gasteiger partial charge on any atom is -0.493 e. The first kappa shape index (κ1) is 16.8. The molecule has 24 heavy (non-hydrogen) atoms. The van der Waals surface area contributed by atoms with Crippen LogP contribution in [0.1, 0.15) is 49.4 Å². The summed E-state index contributed by atoms with van der Waals surface area (Å²) in [6, 6.07) is 7.68. The Morgan fingerprint density at radius 3 is 2.62 bits per heavy atom. The number of piperidine rings is 1. The maximum Gasteiger partial charge on any atom is 0.251 e. The van der Waals surface area contributed by atoms with Gasteiger partial charge in [-0.25, -0.2) is 0 Å². The Morgan fingerprint density at radius 1 is 1.21 bits per heavy atom. The second-order valence-electron chi connectivity index (χ2n) is 6.78. The maximum atomic E-state index is 12.0. The van der Waals surface area contributed by atoms with Crippen LogP contribution in [-0.4, -0.2) is 42.5 Å². The standard InChI is InChI=1S/C19H26N2O3/c1-2-18(22)21-11-3-4-14(12-21)13-24-17-9-5-15(6-10-17)19(23)20-16-7-8-16/h5-6,9-10,14,16H,2-4,7-8,11-13H2,1H3,(H,20,23)/t14-/m1/s1. The van der Waals surface area contributed by atoms with Gasteiger partial charge in [0.05, 0.1) is 6.61 Å². The third kappa shape index (κ3) is 4.49. The molecule has 2 aliphatic rings. The highest BCUT2D eigenvalue weighted by Gasteiger charge is 2.24. The van der Waals surface area contributed by atoms with Gasteiger partial charge in [0.1, 0.15) is 5.75 Å². The third-order valence-corrected chi connectivity index (χ3v) is 4.69. The Bertz CT molecular complexity index is 581. The van der Waals surface area contributed by atoms with Crippen LogP contribution in [0.4, 0.5) is 0 Å². The minimum absolute atomic E-state index is 0.00921. The summed E-state index contributed by atoms with van der Waals surface area (Å²) in [6.45, 7) is 4.17. The highest BCUT2D eigenvalue weighted by Crippen LogP contribution is 2.21. The molecule has 1 saturated carbocycles. The van der Waals surface area contributed by atoms with E-state index in [9.17, 15) is 9.59 Å². The normalized spacial score (nSPS) is 20.5. The zero-order valence-corrected chi connectivity index (χ0v) is 14.3. The minimum atomic E-state index is -0.00921. The highest BCUT2D eigenvalue weighted by atomic mass is 16.5. The van der Waals surface area contributed by atoms with Crippen molar-refractivity contribution in [3.8, 4) is 5.75 Å². The summed E-state index contributed by atoms with van der Waals surface area (Å²) in [5.74, 6) is 1.37. The van der Waals surface area contributed by atoms with Crippen molar-refractivity contribution in [2.24, 2.45) is 5.92 Å². The molecule has 0 spiro atoms. The van der Waals surface area contributed by atoms with Crippen molar-refractivity contribution in [1.82, 2.24) is 10.2 Å². The first-order valence-corrected chi connectivity index (χ1v) is 8.97. The van der Waals surface area contributed by atoms with E-state index in [1.165, 1.54) is 0 Å². The van der Waals surface area contributed by atoms with E-state index in [0.717, 1.165) is 44.5 Å². The van der Waals surface area contributed by atoms with E-state index in [1.54, 1.807) is 12.1 Å². The maximum absolute atomic E-state index is 12.0. The smallest absolute Gasteiger partial charge is 0.251 e. The third-order valence-electron chi connectivity index (χ3n) is 4.69. The lowest BCUT2D eigenvalue weighted by atomic mass is 9.99. The molecule has 1 aromatic rings. The zero-order chi connectivity index (χ0) is 16.9. The van der Waals surface area contributed by atoms with Gasteiger partial charge in [-0.1, -0.05) is 6.92 Å². The molecule has 1 saturated heterocycles. The van der Waals surface area contributed by atoms with Gasteiger partial charge in [0.25, 0.3) is 5.91 Å². The number of likely N-dealkylation sites (tertiary alicyclic amines) is 1. The molecule has 3 rings (SSSR count). The van der Waals surface area contributed by atoms with Crippen molar-refractivity contribution in [3.05, 3.63) is 29.8 Å². The van der Waals surface area contributed by atoms with E-state index < -0.39 is 0 Å². The molecule has 0 aromatic heterocycles. The van der Waals surface area contributed by atoms with E-state index in [2.05, 4.69) is 5.32 Å². The summed E-state index contributed by atoms with van der Waals surface area (Å²) in [5.41, 5.74) is 0.673. The summed E-state index contributed by atoms with van der Waals surface area (Å²) in [4.78, 5) is 25.7. The second-order valence-corrected chi connectivity index (χ2v) is 6.78. The summed E-state index contributed by atoms with van der Waals surface area (Å²) in [5, 5.41) is 2.98. The van der Waals surface area contributed by atoms with Gasteiger partial charge in [-0.15, -0.1) is 0 Å². The number of carbonyl (C=O) groups excluding carboxylic acids is 2. The fourth-order valence-corrected chi connectivity index (χ4v) is 3.06. The monoisotopic (exact) mass is 330 g/mol. The SMILES string of the molecule is CCC(=O)N1CCC[C@@H](COc2ccc(C(=O)NC3CC3)cc2)C1. The number of benzene rings is 1. The Labute approximate surface area is 143 Å². The molecule has 0 radical (unpaired) electrons. The predicted molar refractivity (Wildman–Crippen MR) is 92.0 cm³/mol. The largest absolute Gasteiger partial charge is 0.493 e. The number of nitrogens with one attached hydrogen (secondary N) is 1. The van der Waals surface area contributed by atoms with Crippen LogP contribution in [0.25, 0.3) is 0 Å². The molecule has 0 unspecified atom stereocenters. The summed E-state index contributed by atoms with van der Waals surface area (Å²) >= 11 is 0. The van der Waals surface area contributed by atoms with Gasteiger partial charge in [0.15, 0.2) is 0 Å². The Morgan fingerprint density at radius 2 is 1.96 bits per heavy atom. The van der Waals surface area contributed by atoms with Crippen LogP contribution in [0, 0.1) is 5.92 Å². The van der Waals surface area contributed by atoms with Gasteiger partial charge < -0.3 is 15.0 Å². The van der Waals surface area contributed by atoms with Crippen LogP contribution in [0.15, 0.2) is 24.3 Å². The van der Waals surface area contributed by atoms with Crippen LogP contribution in [-0.2, 0) is 4.79 Å². The van der Waals surface area contributed by atoms with Crippen molar-refractivity contribution in [1.29, 1.82) is 0 Å². The van der Waals surface area contributed by atoms with Crippen LogP contribution in [0.5, 0.6) is 5.75 Å². The number of amides is 2. The van der Waals surface area contributed by atoms with Crippen molar-refractivity contribution in [2.75, 3.05) is 19.7 Å². The number of hydrogen-bond donors (Lipinski definition) is 1. The predicted octanol–water partition coefficient (Wildman–Crippen LogP) is 2.61. The van der Waals surface area contributed by atoms with Gasteiger partial charge in [-0.2, -0.15) is 0 Å². The molecule has 1 N–H and O–H groups in total. The molecule has 130 valence electrons. The number of hydrogen-bond acceptors (Lipinski definition) is 3. The van der Waals surface area contributed by atoms with E-state index in [1.807, 2.05) is 24.0 Å². The first-order valence-electron chi connectivity index (χ1n) is 8.97. The van der Waals surface area contributed by atoms with Crippen molar-refractivity contribution in [2.45, 2.75) is 45.1 Å². The number of ether oxygens (including phenoxy) is 1. The molecule has 1 atom stereocenters. The molecule has 1 aliphatic heterocycles. The summed E-state index contributed by atoms with van der Waals surface area (Å²) in [6.07, 6.45) is 4.88. The average molecular weight is 330 g/mol. The average Bonchev–Trinajstić information content (AvgIpc) is 3.44. The highest BCUT2D eigenvalue weighted by molar-refractivity contribution is 5.94. The lowest BCUT2D eigenvalue weighted by molar-refractivity contribution is -0.132. The Kier molecular flexibility index (Phi) is 5.38. The molecule has 1 heterocycles. The number of carbonyl (C=O) groups is 2. The van der Waals surface area contributed by atoms with Crippen LogP contribution in [0.2, 0.25) is 0 Å². The molecule has 1 aliphatic carbocycles. The molecular formula is C19H26N2O3. The van der Waals surface area contributed by atoms with Crippen LogP contribution >= 0.6 is 0 Å². The van der Waals surface area contributed by atoms with E-state index in [-0.39, 0.29) is 11.8 Å². The Balaban J connectivity index is 1.47. The summed E-state index contributed by atoms with van der Waals surface area (Å²) < 4.78 is 5.87. The first-order chi connectivity index (χ1) is 11.7. The van der Waals surface area contributed by atoms with Gasteiger partial charge in [-0.05, 0) is 49.9 Å². The van der Waals surface area contributed by atoms with Gasteiger partial charge in [-0.3, -0.25) is 9.59 Å². The molecule has 5 heteroatoms. The lowest BCUT2D eigenvalue weighted by Crippen LogP contribution is -2.41. The molecule has 5 nitrogen and oxygen atoms in total. The van der Waals surface area contributed by atoms with Crippen molar-refractivity contribution < 1.29 is 14.3 Å². The quantitative estimate of drug-likeness (QED) is 0.872. The van der Waals surface area contributed by atoms with Gasteiger partial charge in [0, 0.05) is 37.0 Å². The van der Waals surface area contributed by atoms with E-state index in [0.29, 0.717) is 30.6 Å². The van der Waals surface area contributed by atoms with Gasteiger partial charge in [0.2, 0.25) is 5.91 Å². The van der Waals surface area contributed by atoms with E-state index >= 15 is 0 Å².